The van der Waals surface area contributed by atoms with E-state index in [1.54, 1.807) is 7.05 Å². The van der Waals surface area contributed by atoms with Crippen molar-refractivity contribution in [2.24, 2.45) is 0 Å². The number of nitrogens with zero attached hydrogens (tertiary/aromatic N) is 4. The number of aliphatic hydroxyl groups is 2. The maximum Gasteiger partial charge on any atom is 0.256 e. The summed E-state index contributed by atoms with van der Waals surface area (Å²) in [6.45, 7) is 0.234. The van der Waals surface area contributed by atoms with E-state index in [9.17, 15) is 15.0 Å². The van der Waals surface area contributed by atoms with Gasteiger partial charge >= 0.3 is 0 Å². The molecule has 3 N–H and O–H groups in total. The van der Waals surface area contributed by atoms with Gasteiger partial charge in [-0.15, -0.1) is 5.10 Å². The van der Waals surface area contributed by atoms with Crippen LogP contribution in [-0.4, -0.2) is 55.1 Å². The third-order valence-corrected chi connectivity index (χ3v) is 3.91. The molecule has 2 aromatic rings. The van der Waals surface area contributed by atoms with E-state index in [0.717, 1.165) is 0 Å². The third kappa shape index (κ3) is 1.29. The number of fused-ring (bicyclic) bond motifs is 3. The van der Waals surface area contributed by atoms with Gasteiger partial charge in [-0.1, -0.05) is 5.21 Å². The molecule has 4 atom stereocenters. The minimum atomic E-state index is -1.15. The van der Waals surface area contributed by atoms with Crippen molar-refractivity contribution in [1.82, 2.24) is 19.6 Å². The standard InChI is InChI=1S/C11H13N5O4/c1-12-4-2-6(17)16-10-7(4)13-14-15(10)3-5-8(18)9(19)11(16)20-5/h2,5,8-9,11-12,18-19H,3H2,1H3/t5-,8-,9-,11-/m1/s1. The molecule has 0 saturated carbocycles. The van der Waals surface area contributed by atoms with E-state index in [2.05, 4.69) is 15.6 Å². The molecule has 0 amide bonds. The van der Waals surface area contributed by atoms with E-state index >= 15 is 0 Å². The second-order valence-electron chi connectivity index (χ2n) is 5.01. The van der Waals surface area contributed by atoms with Crippen LogP contribution in [0.15, 0.2) is 10.9 Å². The number of pyridine rings is 1. The number of hydrogen-bond acceptors (Lipinski definition) is 7. The van der Waals surface area contributed by atoms with Crippen LogP contribution in [0.1, 0.15) is 6.23 Å². The largest absolute Gasteiger partial charge is 0.387 e. The molecule has 106 valence electrons. The van der Waals surface area contributed by atoms with E-state index in [-0.39, 0.29) is 12.1 Å². The predicted octanol–water partition coefficient (Wildman–Crippen LogP) is -1.73. The number of aromatic nitrogens is 4. The number of aliphatic hydroxyl groups excluding tert-OH is 2. The molecule has 2 bridgehead atoms. The first-order valence-electron chi connectivity index (χ1n) is 6.30. The van der Waals surface area contributed by atoms with Gasteiger partial charge in [0.15, 0.2) is 17.4 Å². The molecule has 0 radical (unpaired) electrons. The Kier molecular flexibility index (Phi) is 2.23. The smallest absolute Gasteiger partial charge is 0.256 e. The summed E-state index contributed by atoms with van der Waals surface area (Å²) in [5.74, 6) is 0. The van der Waals surface area contributed by atoms with Crippen molar-refractivity contribution in [2.45, 2.75) is 31.1 Å². The molecule has 1 fully saturated rings. The number of hydrogen-bond donors (Lipinski definition) is 3. The zero-order valence-electron chi connectivity index (χ0n) is 10.6. The fourth-order valence-corrected chi connectivity index (χ4v) is 2.91. The van der Waals surface area contributed by atoms with Crippen LogP contribution in [0.2, 0.25) is 0 Å². The summed E-state index contributed by atoms with van der Waals surface area (Å²) < 4.78 is 8.41. The number of rotatable bonds is 1. The molecule has 2 aliphatic heterocycles. The molecule has 4 rings (SSSR count). The minimum Gasteiger partial charge on any atom is -0.387 e. The van der Waals surface area contributed by atoms with Gasteiger partial charge < -0.3 is 20.3 Å². The Morgan fingerprint density at radius 1 is 1.45 bits per heavy atom. The van der Waals surface area contributed by atoms with Gasteiger partial charge in [-0.05, 0) is 0 Å². The molecule has 0 spiro atoms. The summed E-state index contributed by atoms with van der Waals surface area (Å²) >= 11 is 0. The fraction of sp³-hybridized carbons (Fsp3) is 0.545. The van der Waals surface area contributed by atoms with Gasteiger partial charge in [0, 0.05) is 13.1 Å². The first-order valence-corrected chi connectivity index (χ1v) is 6.30. The second kappa shape index (κ2) is 3.78. The van der Waals surface area contributed by atoms with Gasteiger partial charge in [-0.25, -0.2) is 4.68 Å². The van der Waals surface area contributed by atoms with Crippen LogP contribution in [-0.2, 0) is 11.3 Å². The molecule has 0 aliphatic carbocycles. The van der Waals surface area contributed by atoms with Crippen LogP contribution in [0.5, 0.6) is 0 Å². The average molecular weight is 279 g/mol. The van der Waals surface area contributed by atoms with Crippen molar-refractivity contribution in [3.05, 3.63) is 16.4 Å². The highest BCUT2D eigenvalue weighted by atomic mass is 16.6. The van der Waals surface area contributed by atoms with Gasteiger partial charge in [0.2, 0.25) is 0 Å². The lowest BCUT2D eigenvalue weighted by Gasteiger charge is -2.20. The lowest BCUT2D eigenvalue weighted by atomic mass is 10.1. The predicted molar refractivity (Wildman–Crippen MR) is 67.3 cm³/mol. The molecule has 4 heterocycles. The van der Waals surface area contributed by atoms with Crippen molar-refractivity contribution in [3.63, 3.8) is 0 Å². The van der Waals surface area contributed by atoms with Crippen molar-refractivity contribution in [2.75, 3.05) is 12.4 Å². The quantitative estimate of drug-likeness (QED) is 0.568. The van der Waals surface area contributed by atoms with E-state index < -0.39 is 24.5 Å². The highest BCUT2D eigenvalue weighted by Crippen LogP contribution is 2.35. The van der Waals surface area contributed by atoms with Crippen LogP contribution in [0, 0.1) is 0 Å². The Bertz CT molecular complexity index is 753. The lowest BCUT2D eigenvalue weighted by Crippen LogP contribution is -2.38. The first kappa shape index (κ1) is 11.8. The van der Waals surface area contributed by atoms with Crippen molar-refractivity contribution in [1.29, 1.82) is 0 Å². The molecule has 1 saturated heterocycles. The van der Waals surface area contributed by atoms with Gasteiger partial charge in [-0.2, -0.15) is 0 Å². The topological polar surface area (TPSA) is 114 Å². The minimum absolute atomic E-state index is 0.234. The summed E-state index contributed by atoms with van der Waals surface area (Å²) in [7, 11) is 1.69. The molecule has 9 nitrogen and oxygen atoms in total. The van der Waals surface area contributed by atoms with Crippen LogP contribution < -0.4 is 10.9 Å². The maximum atomic E-state index is 12.3. The Balaban J connectivity index is 2.08. The van der Waals surface area contributed by atoms with Gasteiger partial charge in [0.1, 0.15) is 18.3 Å². The van der Waals surface area contributed by atoms with Crippen molar-refractivity contribution in [3.8, 4) is 0 Å². The van der Waals surface area contributed by atoms with Crippen LogP contribution in [0.3, 0.4) is 0 Å². The summed E-state index contributed by atoms with van der Waals surface area (Å²) in [6.07, 6.45) is -3.74. The van der Waals surface area contributed by atoms with Crippen molar-refractivity contribution >= 4 is 16.9 Å². The summed E-state index contributed by atoms with van der Waals surface area (Å²) in [6, 6.07) is 1.38. The molecule has 9 heteroatoms. The lowest BCUT2D eigenvalue weighted by molar-refractivity contribution is -0.0351. The van der Waals surface area contributed by atoms with E-state index in [0.29, 0.717) is 16.9 Å². The van der Waals surface area contributed by atoms with Gasteiger partial charge in [-0.3, -0.25) is 9.36 Å². The Hall–Kier alpha value is -1.97. The third-order valence-electron chi connectivity index (χ3n) is 3.91. The molecule has 20 heavy (non-hydrogen) atoms. The SMILES string of the molecule is CNc1cc(=O)n2c3c1nnn3C[C@H]1O[C@@H]2[C@H](O)[C@@H]1O. The number of nitrogens with one attached hydrogen (secondary N) is 1. The number of ether oxygens (including phenoxy) is 1. The summed E-state index contributed by atoms with van der Waals surface area (Å²) in [4.78, 5) is 12.3. The van der Waals surface area contributed by atoms with E-state index in [1.807, 2.05) is 0 Å². The van der Waals surface area contributed by atoms with Crippen molar-refractivity contribution < 1.29 is 14.9 Å². The molecule has 2 aliphatic rings. The zero-order valence-corrected chi connectivity index (χ0v) is 10.6. The Labute approximate surface area is 112 Å². The molecule has 0 unspecified atom stereocenters. The fourth-order valence-electron chi connectivity index (χ4n) is 2.91. The maximum absolute atomic E-state index is 12.3. The van der Waals surface area contributed by atoms with Gasteiger partial charge in [0.05, 0.1) is 12.2 Å². The monoisotopic (exact) mass is 279 g/mol. The van der Waals surface area contributed by atoms with Crippen LogP contribution in [0.25, 0.3) is 11.2 Å². The Morgan fingerprint density at radius 3 is 3.00 bits per heavy atom. The first-order chi connectivity index (χ1) is 9.61. The number of anilines is 1. The summed E-state index contributed by atoms with van der Waals surface area (Å²) in [5.41, 5.74) is 1.25. The van der Waals surface area contributed by atoms with Gasteiger partial charge in [0.25, 0.3) is 5.56 Å². The average Bonchev–Trinajstić information content (AvgIpc) is 2.89. The zero-order chi connectivity index (χ0) is 14.0. The highest BCUT2D eigenvalue weighted by molar-refractivity contribution is 5.85. The molecule has 0 aromatic carbocycles. The van der Waals surface area contributed by atoms with E-state index in [1.165, 1.54) is 15.3 Å². The highest BCUT2D eigenvalue weighted by Gasteiger charge is 2.47. The Morgan fingerprint density at radius 2 is 2.25 bits per heavy atom. The molecular weight excluding hydrogens is 266 g/mol. The van der Waals surface area contributed by atoms with Crippen LogP contribution in [0.4, 0.5) is 5.69 Å². The van der Waals surface area contributed by atoms with Crippen LogP contribution >= 0.6 is 0 Å². The second-order valence-corrected chi connectivity index (χ2v) is 5.01. The normalized spacial score (nSPS) is 31.6. The molecule has 2 aromatic heterocycles. The molecular formula is C11H13N5O4. The summed E-state index contributed by atoms with van der Waals surface area (Å²) in [5, 5.41) is 31.0. The van der Waals surface area contributed by atoms with E-state index in [4.69, 9.17) is 4.74 Å².